The molecule has 0 unspecified atom stereocenters. The molecule has 1 aliphatic heterocycles. The maximum Gasteiger partial charge on any atom is 0.224 e. The second-order valence-electron chi connectivity index (χ2n) is 6.34. The minimum atomic E-state index is 0.219. The lowest BCUT2D eigenvalue weighted by Crippen LogP contribution is -2.30. The molecule has 0 saturated carbocycles. The number of carbonyl (C=O) groups is 1. The van der Waals surface area contributed by atoms with Crippen LogP contribution in [0.25, 0.3) is 0 Å². The Bertz CT molecular complexity index is 482. The summed E-state index contributed by atoms with van der Waals surface area (Å²) in [5.74, 6) is 1.17. The van der Waals surface area contributed by atoms with E-state index < -0.39 is 0 Å². The van der Waals surface area contributed by atoms with Gasteiger partial charge in [0.25, 0.3) is 0 Å². The molecule has 0 bridgehead atoms. The van der Waals surface area contributed by atoms with Crippen molar-refractivity contribution in [1.82, 2.24) is 9.88 Å². The van der Waals surface area contributed by atoms with Crippen LogP contribution in [0.4, 0.5) is 0 Å². The van der Waals surface area contributed by atoms with Crippen LogP contribution in [0.1, 0.15) is 56.8 Å². The maximum atomic E-state index is 12.4. The van der Waals surface area contributed by atoms with Crippen molar-refractivity contribution in [3.8, 4) is 0 Å². The molecule has 1 fully saturated rings. The largest absolute Gasteiger partial charge is 0.333 e. The van der Waals surface area contributed by atoms with Crippen LogP contribution in [0.5, 0.6) is 0 Å². The minimum absolute atomic E-state index is 0.219. The molecule has 2 rings (SSSR count). The molecular weight excluding hydrogens is 320 g/mol. The fraction of sp³-hybridized carbons (Fsp3) is 0.733. The monoisotopic (exact) mass is 344 g/mol. The Hall–Kier alpha value is -0.200. The Morgan fingerprint density at radius 3 is 2.90 bits per heavy atom. The third kappa shape index (κ3) is 5.18. The van der Waals surface area contributed by atoms with E-state index in [9.17, 15) is 4.79 Å². The van der Waals surface area contributed by atoms with E-state index in [4.69, 9.17) is 0 Å². The summed E-state index contributed by atoms with van der Waals surface area (Å²) in [5, 5.41) is 3.18. The predicted octanol–water partition coefficient (Wildman–Crippen LogP) is 4.69. The van der Waals surface area contributed by atoms with E-state index in [0.717, 1.165) is 35.8 Å². The number of aromatic nitrogens is 1. The van der Waals surface area contributed by atoms with Gasteiger partial charge in [-0.05, 0) is 19.8 Å². The van der Waals surface area contributed by atoms with Gasteiger partial charge in [0.05, 0.1) is 6.04 Å². The number of likely N-dealkylation sites (tertiary alicyclic amines) is 1. The van der Waals surface area contributed by atoms with Gasteiger partial charge < -0.3 is 4.90 Å². The van der Waals surface area contributed by atoms with Crippen LogP contribution in [0.15, 0.2) is 5.38 Å². The quantitative estimate of drug-likeness (QED) is 0.573. The van der Waals surface area contributed by atoms with Crippen LogP contribution >= 0.6 is 32.9 Å². The van der Waals surface area contributed by atoms with Gasteiger partial charge in [-0.25, -0.2) is 4.98 Å². The molecule has 1 aliphatic rings. The minimum Gasteiger partial charge on any atom is -0.333 e. The number of amides is 1. The lowest BCUT2D eigenvalue weighted by atomic mass is 10.2. The summed E-state index contributed by atoms with van der Waals surface area (Å²) in [6.45, 7) is 9.51. The Balaban J connectivity index is 1.84. The van der Waals surface area contributed by atoms with E-state index in [0.29, 0.717) is 6.42 Å². The zero-order valence-electron chi connectivity index (χ0n) is 13.2. The predicted molar refractivity (Wildman–Crippen MR) is 95.0 cm³/mol. The molecule has 2 heterocycles. The zero-order chi connectivity index (χ0) is 15.5. The summed E-state index contributed by atoms with van der Waals surface area (Å²) < 4.78 is 0.252. The molecule has 21 heavy (non-hydrogen) atoms. The van der Waals surface area contributed by atoms with Gasteiger partial charge in [-0.3, -0.25) is 4.79 Å². The summed E-state index contributed by atoms with van der Waals surface area (Å²) in [4.78, 5) is 19.1. The molecule has 1 amide bonds. The lowest BCUT2D eigenvalue weighted by Gasteiger charge is -2.23. The van der Waals surface area contributed by atoms with E-state index in [1.165, 1.54) is 0 Å². The number of aryl methyl sites for hydroxylation is 1. The van der Waals surface area contributed by atoms with E-state index in [1.54, 1.807) is 22.1 Å². The van der Waals surface area contributed by atoms with Gasteiger partial charge in [-0.2, -0.15) is 0 Å². The van der Waals surface area contributed by atoms with E-state index in [-0.39, 0.29) is 16.7 Å². The van der Waals surface area contributed by atoms with Gasteiger partial charge in [-0.1, -0.05) is 42.4 Å². The number of carbonyl (C=O) groups excluding carboxylic acids is 1. The molecule has 1 atom stereocenters. The van der Waals surface area contributed by atoms with Crippen LogP contribution in [-0.4, -0.2) is 32.8 Å². The van der Waals surface area contributed by atoms with E-state index in [1.807, 2.05) is 22.6 Å². The summed E-state index contributed by atoms with van der Waals surface area (Å²) in [5.41, 5.74) is 1.06. The first kappa shape index (κ1) is 17.2. The van der Waals surface area contributed by atoms with Crippen molar-refractivity contribution < 1.29 is 4.79 Å². The van der Waals surface area contributed by atoms with Crippen molar-refractivity contribution in [3.05, 3.63) is 16.1 Å². The molecule has 3 nitrogen and oxygen atoms in total. The van der Waals surface area contributed by atoms with Crippen molar-refractivity contribution in [2.24, 2.45) is 0 Å². The standard InChI is InChI=1S/C15H24N2OS3/c1-11-10-19-14(16-11)12-6-5-8-17(12)13(18)7-9-20-21-15(2,3)4/h10,12H,5-9H2,1-4H3/t12-/m0/s1. The number of hydrogen-bond donors (Lipinski definition) is 0. The fourth-order valence-electron chi connectivity index (χ4n) is 2.34. The molecule has 1 saturated heterocycles. The highest BCUT2D eigenvalue weighted by Gasteiger charge is 2.31. The second-order valence-corrected chi connectivity index (χ2v) is 10.5. The first-order valence-corrected chi connectivity index (χ1v) is 10.6. The summed E-state index contributed by atoms with van der Waals surface area (Å²) in [6.07, 6.45) is 2.79. The Kier molecular flexibility index (Phi) is 6.03. The highest BCUT2D eigenvalue weighted by molar-refractivity contribution is 8.77. The Labute approximate surface area is 139 Å². The molecule has 0 aliphatic carbocycles. The van der Waals surface area contributed by atoms with Gasteiger partial charge in [0.15, 0.2) is 0 Å². The first-order chi connectivity index (χ1) is 9.87. The first-order valence-electron chi connectivity index (χ1n) is 7.39. The maximum absolute atomic E-state index is 12.4. The highest BCUT2D eigenvalue weighted by Crippen LogP contribution is 2.37. The van der Waals surface area contributed by atoms with Crippen LogP contribution in [0.2, 0.25) is 0 Å². The lowest BCUT2D eigenvalue weighted by molar-refractivity contribution is -0.131. The molecule has 6 heteroatoms. The van der Waals surface area contributed by atoms with Crippen molar-refractivity contribution in [2.45, 2.75) is 57.7 Å². The van der Waals surface area contributed by atoms with Crippen molar-refractivity contribution in [2.75, 3.05) is 12.3 Å². The molecule has 0 N–H and O–H groups in total. The SMILES string of the molecule is Cc1csc([C@@H]2CCCN2C(=O)CCSSC(C)(C)C)n1. The van der Waals surface area contributed by atoms with Gasteiger partial charge >= 0.3 is 0 Å². The van der Waals surface area contributed by atoms with Crippen LogP contribution < -0.4 is 0 Å². The third-order valence-electron chi connectivity index (χ3n) is 3.20. The Morgan fingerprint density at radius 2 is 2.29 bits per heavy atom. The second kappa shape index (κ2) is 7.38. The van der Waals surface area contributed by atoms with Gasteiger partial charge in [-0.15, -0.1) is 11.3 Å². The zero-order valence-corrected chi connectivity index (χ0v) is 15.7. The third-order valence-corrected chi connectivity index (χ3v) is 7.61. The molecule has 0 aromatic carbocycles. The van der Waals surface area contributed by atoms with Gasteiger partial charge in [0, 0.05) is 34.5 Å². The smallest absolute Gasteiger partial charge is 0.224 e. The Morgan fingerprint density at radius 1 is 1.52 bits per heavy atom. The number of hydrogen-bond acceptors (Lipinski definition) is 5. The molecule has 1 aromatic heterocycles. The molecule has 0 radical (unpaired) electrons. The molecule has 118 valence electrons. The summed E-state index contributed by atoms with van der Waals surface area (Å²) in [6, 6.07) is 0.219. The van der Waals surface area contributed by atoms with Crippen molar-refractivity contribution in [1.29, 1.82) is 0 Å². The molecular formula is C15H24N2OS3. The average molecular weight is 345 g/mol. The van der Waals surface area contributed by atoms with Crippen molar-refractivity contribution >= 4 is 38.8 Å². The van der Waals surface area contributed by atoms with Gasteiger partial charge in [0.2, 0.25) is 5.91 Å². The molecule has 1 aromatic rings. The van der Waals surface area contributed by atoms with E-state index >= 15 is 0 Å². The number of thiazole rings is 1. The van der Waals surface area contributed by atoms with Crippen molar-refractivity contribution in [3.63, 3.8) is 0 Å². The normalized spacial score (nSPS) is 19.2. The summed E-state index contributed by atoms with van der Waals surface area (Å²) in [7, 11) is 3.66. The average Bonchev–Trinajstić information content (AvgIpc) is 3.01. The summed E-state index contributed by atoms with van der Waals surface area (Å²) >= 11 is 1.69. The highest BCUT2D eigenvalue weighted by atomic mass is 33.1. The van der Waals surface area contributed by atoms with Crippen LogP contribution in [-0.2, 0) is 4.79 Å². The molecule has 0 spiro atoms. The van der Waals surface area contributed by atoms with Crippen LogP contribution in [0.3, 0.4) is 0 Å². The number of nitrogens with zero attached hydrogens (tertiary/aromatic N) is 2. The van der Waals surface area contributed by atoms with E-state index in [2.05, 4.69) is 31.1 Å². The number of rotatable bonds is 5. The van der Waals surface area contributed by atoms with Crippen LogP contribution in [0, 0.1) is 6.92 Å². The topological polar surface area (TPSA) is 33.2 Å². The van der Waals surface area contributed by atoms with Gasteiger partial charge in [0.1, 0.15) is 5.01 Å². The fourth-order valence-corrected chi connectivity index (χ4v) is 5.54.